The molecule has 9 amide bonds. The third kappa shape index (κ3) is 35.9. The highest BCUT2D eigenvalue weighted by Crippen LogP contribution is 2.19. The number of likely N-dealkylation sites (tertiary alicyclic amines) is 1. The zero-order valence-corrected chi connectivity index (χ0v) is 54.1. The van der Waals surface area contributed by atoms with Crippen LogP contribution in [0.4, 0.5) is 0 Å². The molecule has 36 N–H and O–H groups in total. The first kappa shape index (κ1) is 83.4. The molecule has 538 valence electrons. The number of guanidine groups is 5. The van der Waals surface area contributed by atoms with Gasteiger partial charge in [-0.25, -0.2) is 4.79 Å². The van der Waals surface area contributed by atoms with E-state index < -0.39 is 138 Å². The smallest absolute Gasteiger partial charge is 0.326 e. The molecule has 1 rings (SSSR count). The second kappa shape index (κ2) is 46.5. The van der Waals surface area contributed by atoms with Crippen LogP contribution in [0.1, 0.15) is 135 Å². The predicted molar refractivity (Wildman–Crippen MR) is 354 cm³/mol. The highest BCUT2D eigenvalue weighted by atomic mass is 16.4. The Morgan fingerprint density at radius 2 is 0.663 bits per heavy atom. The van der Waals surface area contributed by atoms with E-state index in [1.807, 2.05) is 0 Å². The first-order chi connectivity index (χ1) is 44.9. The number of carboxylic acid groups (broad SMARTS) is 2. The van der Waals surface area contributed by atoms with Crippen LogP contribution >= 0.6 is 0 Å². The molecule has 1 aliphatic heterocycles. The van der Waals surface area contributed by atoms with Crippen molar-refractivity contribution in [3.63, 3.8) is 0 Å². The summed E-state index contributed by atoms with van der Waals surface area (Å²) in [7, 11) is 0. The molecule has 0 aromatic rings. The minimum atomic E-state index is -1.70. The van der Waals surface area contributed by atoms with Crippen molar-refractivity contribution >= 4 is 94.9 Å². The number of aliphatic carboxylic acids is 2. The van der Waals surface area contributed by atoms with Gasteiger partial charge in [-0.05, 0) is 142 Å². The van der Waals surface area contributed by atoms with Crippen LogP contribution in [0.5, 0.6) is 0 Å². The average Bonchev–Trinajstić information content (AvgIpc) is 1.89. The van der Waals surface area contributed by atoms with E-state index in [2.05, 4.69) is 67.5 Å². The molecule has 0 aliphatic carbocycles. The van der Waals surface area contributed by atoms with E-state index >= 15 is 0 Å². The van der Waals surface area contributed by atoms with Crippen LogP contribution in [0.2, 0.25) is 0 Å². The largest absolute Gasteiger partial charge is 0.481 e. The third-order valence-electron chi connectivity index (χ3n) is 14.5. The maximum Gasteiger partial charge on any atom is 0.326 e. The maximum absolute atomic E-state index is 14.7. The molecule has 0 bridgehead atoms. The summed E-state index contributed by atoms with van der Waals surface area (Å²) in [5, 5.41) is 40.4. The van der Waals surface area contributed by atoms with Crippen molar-refractivity contribution in [2.24, 2.45) is 99.5 Å². The number of nitrogens with zero attached hydrogens (tertiary/aromatic N) is 6. The molecule has 1 saturated heterocycles. The maximum atomic E-state index is 14.7. The number of aliphatic imine (C=N–C) groups is 5. The summed E-state index contributed by atoms with van der Waals surface area (Å²) >= 11 is 0. The SMILES string of the molecule is C[C@H](N)C(=O)N1CCC[C@H]1C(=O)N[C@@H](CCCN=C(N)N)C(=O)N[C@@H](CCC(=O)O)C(=O)N[C@@H](CCCN=C(N)N)C(=O)N[C@@H](CCCN=C(N)N)C(=O)N[C@@H](CCCN=C(N)N)C(=O)N[C@@H](CCCCN)C(=O)N[C@@H](CCCCN)C(=O)N[C@@H](CCCN=C(N)N)C(=O)O. The summed E-state index contributed by atoms with van der Waals surface area (Å²) in [5.41, 5.74) is 72.6. The van der Waals surface area contributed by atoms with Crippen molar-refractivity contribution in [2.75, 3.05) is 52.4 Å². The lowest BCUT2D eigenvalue weighted by atomic mass is 10.0. The molecule has 1 aliphatic rings. The highest BCUT2D eigenvalue weighted by Gasteiger charge is 2.39. The van der Waals surface area contributed by atoms with Gasteiger partial charge < -0.3 is 132 Å². The minimum Gasteiger partial charge on any atom is -0.481 e. The molecule has 0 aromatic carbocycles. The predicted octanol–water partition coefficient (Wildman–Crippen LogP) is -9.32. The van der Waals surface area contributed by atoms with Crippen LogP contribution in [0.15, 0.2) is 25.0 Å². The van der Waals surface area contributed by atoms with Crippen LogP contribution in [-0.4, -0.2) is 223 Å². The fourth-order valence-electron chi connectivity index (χ4n) is 9.65. The van der Waals surface area contributed by atoms with Gasteiger partial charge in [-0.1, -0.05) is 0 Å². The number of hydrogen-bond acceptors (Lipinski definition) is 19. The van der Waals surface area contributed by atoms with Crippen molar-refractivity contribution in [3.05, 3.63) is 0 Å². The minimum absolute atomic E-state index is 0.000850. The van der Waals surface area contributed by atoms with E-state index in [-0.39, 0.29) is 172 Å². The lowest BCUT2D eigenvalue weighted by Gasteiger charge is -2.29. The third-order valence-corrected chi connectivity index (χ3v) is 14.5. The fourth-order valence-corrected chi connectivity index (χ4v) is 9.65. The van der Waals surface area contributed by atoms with Gasteiger partial charge in [0.25, 0.3) is 0 Å². The number of carbonyl (C=O) groups excluding carboxylic acids is 9. The lowest BCUT2D eigenvalue weighted by Crippen LogP contribution is -2.60. The van der Waals surface area contributed by atoms with Crippen LogP contribution in [0.25, 0.3) is 0 Å². The molecular weight excluding hydrogens is 1250 g/mol. The van der Waals surface area contributed by atoms with E-state index in [0.717, 1.165) is 0 Å². The molecule has 0 radical (unpaired) electrons. The Balaban J connectivity index is 3.86. The van der Waals surface area contributed by atoms with Crippen molar-refractivity contribution in [2.45, 2.75) is 196 Å². The van der Waals surface area contributed by atoms with Crippen LogP contribution in [0, 0.1) is 0 Å². The zero-order valence-electron chi connectivity index (χ0n) is 54.1. The van der Waals surface area contributed by atoms with Crippen molar-refractivity contribution < 1.29 is 63.0 Å². The normalized spacial score (nSPS) is 15.3. The standard InChI is InChI=1S/C55H105N27O13/c1-30(58)49(93)82-29-11-19-39(82)48(92)80-36(17-9-27-72-54(65)66)45(89)79-37(20-21-40(83)84)47(91)78-35(16-8-26-71-53(63)64)44(88)77-34(15-7-25-70-52(61)62)43(87)76-33(14-6-24-69-51(59)60)42(86)74-31(12-2-4-22-56)41(85)75-32(13-3-5-23-57)46(90)81-38(50(94)95)18-10-28-73-55(67)68/h30-39H,2-29,56-58H2,1H3,(H,74,86)(H,75,85)(H,76,87)(H,77,88)(H,78,91)(H,79,89)(H,80,92)(H,81,90)(H,83,84)(H,94,95)(H4,59,60,69)(H4,61,62,70)(H4,63,64,71)(H4,65,66,72)(H4,67,68,73)/t30-,31-,32-,33-,34-,35-,36-,37-,38-,39-/m0/s1. The second-order valence-corrected chi connectivity index (χ2v) is 22.6. The lowest BCUT2D eigenvalue weighted by molar-refractivity contribution is -0.142. The molecular formula is C55H105N27O13. The van der Waals surface area contributed by atoms with Crippen molar-refractivity contribution in [3.8, 4) is 0 Å². The number of amides is 9. The highest BCUT2D eigenvalue weighted by molar-refractivity contribution is 5.99. The van der Waals surface area contributed by atoms with Crippen LogP contribution in [-0.2, 0) is 52.7 Å². The van der Waals surface area contributed by atoms with E-state index in [4.69, 9.17) is 74.5 Å². The number of carboxylic acids is 2. The molecule has 10 atom stereocenters. The summed E-state index contributed by atoms with van der Waals surface area (Å²) in [6.45, 7) is 1.96. The molecule has 0 saturated carbocycles. The van der Waals surface area contributed by atoms with Gasteiger partial charge in [0.15, 0.2) is 29.8 Å². The molecule has 0 spiro atoms. The van der Waals surface area contributed by atoms with Gasteiger partial charge in [0.2, 0.25) is 53.2 Å². The van der Waals surface area contributed by atoms with Gasteiger partial charge in [0.05, 0.1) is 6.04 Å². The van der Waals surface area contributed by atoms with Gasteiger partial charge in [0, 0.05) is 45.7 Å². The number of rotatable bonds is 49. The first-order valence-electron chi connectivity index (χ1n) is 31.5. The van der Waals surface area contributed by atoms with Gasteiger partial charge in [-0.2, -0.15) is 0 Å². The number of carbonyl (C=O) groups is 11. The second-order valence-electron chi connectivity index (χ2n) is 22.6. The quantitative estimate of drug-likeness (QED) is 0.0153. The molecule has 0 aromatic heterocycles. The zero-order chi connectivity index (χ0) is 71.6. The summed E-state index contributed by atoms with van der Waals surface area (Å²) in [5.74, 6) is -12.0. The van der Waals surface area contributed by atoms with Gasteiger partial charge in [-0.15, -0.1) is 0 Å². The molecule has 40 heteroatoms. The summed E-state index contributed by atoms with van der Waals surface area (Å²) in [4.78, 5) is 173. The van der Waals surface area contributed by atoms with Gasteiger partial charge in [-0.3, -0.25) is 72.9 Å². The van der Waals surface area contributed by atoms with Crippen LogP contribution in [0.3, 0.4) is 0 Å². The Morgan fingerprint density at radius 1 is 0.400 bits per heavy atom. The Labute approximate surface area is 551 Å². The summed E-state index contributed by atoms with van der Waals surface area (Å²) in [6.07, 6.45) is 0.281. The monoisotopic (exact) mass is 1350 g/mol. The Bertz CT molecular complexity index is 2640. The molecule has 40 nitrogen and oxygen atoms in total. The summed E-state index contributed by atoms with van der Waals surface area (Å²) < 4.78 is 0. The number of hydrogen-bond donors (Lipinski definition) is 23. The fraction of sp³-hybridized carbons (Fsp3) is 0.709. The molecule has 1 heterocycles. The van der Waals surface area contributed by atoms with E-state index in [1.54, 1.807) is 0 Å². The molecule has 1 fully saturated rings. The van der Waals surface area contributed by atoms with Gasteiger partial charge in [0.1, 0.15) is 54.4 Å². The Hall–Kier alpha value is -9.60. The first-order valence-corrected chi connectivity index (χ1v) is 31.5. The Kier molecular flexibility index (Phi) is 40.8. The van der Waals surface area contributed by atoms with Crippen molar-refractivity contribution in [1.29, 1.82) is 0 Å². The number of nitrogens with one attached hydrogen (secondary N) is 8. The van der Waals surface area contributed by atoms with Crippen LogP contribution < -0.4 is 117 Å². The van der Waals surface area contributed by atoms with E-state index in [1.165, 1.54) is 11.8 Å². The van der Waals surface area contributed by atoms with E-state index in [0.29, 0.717) is 25.7 Å². The van der Waals surface area contributed by atoms with Crippen molar-refractivity contribution in [1.82, 2.24) is 47.4 Å². The average molecular weight is 1350 g/mol. The van der Waals surface area contributed by atoms with Gasteiger partial charge >= 0.3 is 11.9 Å². The number of nitrogens with two attached hydrogens (primary N) is 13. The summed E-state index contributed by atoms with van der Waals surface area (Å²) in [6, 6.07) is -13.9. The molecule has 0 unspecified atom stereocenters. The topological polar surface area (TPSA) is 728 Å². The Morgan fingerprint density at radius 3 is 0.926 bits per heavy atom. The molecule has 95 heavy (non-hydrogen) atoms. The van der Waals surface area contributed by atoms with E-state index in [9.17, 15) is 63.0 Å². The number of unbranched alkanes of at least 4 members (excludes halogenated alkanes) is 2.